The molecule has 0 rings (SSSR count). The van der Waals surface area contributed by atoms with Gasteiger partial charge in [0.05, 0.1) is 11.2 Å². The molecule has 246 valence electrons. The third-order valence-corrected chi connectivity index (χ3v) is 7.68. The van der Waals surface area contributed by atoms with Gasteiger partial charge in [-0.3, -0.25) is 0 Å². The molecular formula is C42H66O2. The molecule has 2 heteroatoms. The zero-order valence-electron chi connectivity index (χ0n) is 30.6. The van der Waals surface area contributed by atoms with Gasteiger partial charge in [-0.25, -0.2) is 0 Å². The molecular weight excluding hydrogens is 536 g/mol. The molecule has 0 fully saturated rings. The second-order valence-electron chi connectivity index (χ2n) is 13.3. The fourth-order valence-electron chi connectivity index (χ4n) is 4.08. The first-order valence-electron chi connectivity index (χ1n) is 16.5. The molecule has 0 N–H and O–H groups in total. The fourth-order valence-corrected chi connectivity index (χ4v) is 4.08. The third-order valence-electron chi connectivity index (χ3n) is 7.68. The third kappa shape index (κ3) is 24.7. The molecule has 0 saturated heterocycles. The lowest BCUT2D eigenvalue weighted by atomic mass is 10.0. The maximum absolute atomic E-state index is 5.47. The highest BCUT2D eigenvalue weighted by molar-refractivity contribution is 5.27. The average Bonchev–Trinajstić information content (AvgIpc) is 2.95. The summed E-state index contributed by atoms with van der Waals surface area (Å²) in [5.41, 5.74) is 7.85. The molecule has 0 aliphatic rings. The van der Waals surface area contributed by atoms with Crippen LogP contribution in [0.2, 0.25) is 0 Å². The summed E-state index contributed by atoms with van der Waals surface area (Å²) in [6, 6.07) is 0. The first kappa shape index (κ1) is 41.3. The van der Waals surface area contributed by atoms with Crippen molar-refractivity contribution < 1.29 is 9.47 Å². The Bertz CT molecular complexity index is 1120. The molecule has 0 aromatic heterocycles. The molecule has 0 aromatic rings. The van der Waals surface area contributed by atoms with Gasteiger partial charge in [0.1, 0.15) is 0 Å². The molecule has 44 heavy (non-hydrogen) atoms. The van der Waals surface area contributed by atoms with Gasteiger partial charge in [0.2, 0.25) is 0 Å². The van der Waals surface area contributed by atoms with Gasteiger partial charge >= 0.3 is 0 Å². The highest BCUT2D eigenvalue weighted by Gasteiger charge is 2.13. The van der Waals surface area contributed by atoms with Crippen molar-refractivity contribution in [3.05, 3.63) is 119 Å². The van der Waals surface area contributed by atoms with E-state index in [0.29, 0.717) is 0 Å². The normalized spacial score (nSPS) is 15.7. The Hall–Kier alpha value is -2.68. The van der Waals surface area contributed by atoms with Gasteiger partial charge < -0.3 is 9.47 Å². The first-order valence-corrected chi connectivity index (χ1v) is 16.5. The summed E-state index contributed by atoms with van der Waals surface area (Å²) in [5.74, 6) is 0. The van der Waals surface area contributed by atoms with Crippen LogP contribution in [-0.2, 0) is 9.47 Å². The predicted molar refractivity (Wildman–Crippen MR) is 198 cm³/mol. The Morgan fingerprint density at radius 1 is 0.477 bits per heavy atom. The number of allylic oxidation sites excluding steroid dienone is 18. The van der Waals surface area contributed by atoms with Crippen molar-refractivity contribution in [2.24, 2.45) is 0 Å². The maximum Gasteiger partial charge on any atom is 0.0657 e. The Balaban J connectivity index is 4.45. The quantitative estimate of drug-likeness (QED) is 0.0739. The summed E-state index contributed by atoms with van der Waals surface area (Å²) >= 11 is 0. The van der Waals surface area contributed by atoms with E-state index in [1.54, 1.807) is 14.2 Å². The lowest BCUT2D eigenvalue weighted by molar-refractivity contribution is 0.0252. The van der Waals surface area contributed by atoms with Gasteiger partial charge in [-0.2, -0.15) is 0 Å². The summed E-state index contributed by atoms with van der Waals surface area (Å²) in [7, 11) is 3.53. The standard InChI is InChI=1S/C42H66O2/c1-35(23-15-25-37(3)27-17-29-39(5)31-19-33-41(7,8)43-11)21-13-14-22-36(2)24-16-26-38(4)28-18-30-40(6)32-20-34-42(9,10)44-12/h15,18-23,25-26,28-32H,13-14,16-17,24,27,33-34H2,1-12H3/b23-15+,28-18+,31-19-,32-20+,35-21+,36-22+,37-25+,38-26+,39-29+,40-30+. The summed E-state index contributed by atoms with van der Waals surface area (Å²) in [6.45, 7) is 21.6. The zero-order valence-corrected chi connectivity index (χ0v) is 30.6. The highest BCUT2D eigenvalue weighted by atomic mass is 16.5. The van der Waals surface area contributed by atoms with E-state index in [0.717, 1.165) is 51.4 Å². The van der Waals surface area contributed by atoms with Crippen LogP contribution in [0.15, 0.2) is 119 Å². The van der Waals surface area contributed by atoms with Crippen molar-refractivity contribution in [1.29, 1.82) is 0 Å². The Morgan fingerprint density at radius 3 is 1.41 bits per heavy atom. The lowest BCUT2D eigenvalue weighted by Crippen LogP contribution is -2.20. The molecule has 0 aliphatic heterocycles. The van der Waals surface area contributed by atoms with E-state index in [1.807, 2.05) is 0 Å². The van der Waals surface area contributed by atoms with Crippen molar-refractivity contribution in [1.82, 2.24) is 0 Å². The van der Waals surface area contributed by atoms with Crippen LogP contribution in [0.3, 0.4) is 0 Å². The molecule has 0 amide bonds. The van der Waals surface area contributed by atoms with E-state index in [4.69, 9.17) is 9.47 Å². The molecule has 0 unspecified atom stereocenters. The van der Waals surface area contributed by atoms with Crippen LogP contribution >= 0.6 is 0 Å². The van der Waals surface area contributed by atoms with Crippen molar-refractivity contribution in [2.45, 2.75) is 132 Å². The van der Waals surface area contributed by atoms with Gasteiger partial charge in [-0.1, -0.05) is 119 Å². The molecule has 0 saturated carbocycles. The van der Waals surface area contributed by atoms with E-state index in [9.17, 15) is 0 Å². The summed E-state index contributed by atoms with van der Waals surface area (Å²) in [5, 5.41) is 0. The minimum absolute atomic E-state index is 0.0984. The Kier molecular flexibility index (Phi) is 22.2. The predicted octanol–water partition coefficient (Wildman–Crippen LogP) is 12.9. The number of unbranched alkanes of at least 4 members (excludes halogenated alkanes) is 1. The molecule has 0 spiro atoms. The van der Waals surface area contributed by atoms with E-state index in [2.05, 4.69) is 154 Å². The number of methoxy groups -OCH3 is 2. The van der Waals surface area contributed by atoms with Crippen molar-refractivity contribution in [3.63, 3.8) is 0 Å². The molecule has 0 aliphatic carbocycles. The van der Waals surface area contributed by atoms with Crippen LogP contribution in [0, 0.1) is 0 Å². The first-order chi connectivity index (χ1) is 20.7. The van der Waals surface area contributed by atoms with Crippen LogP contribution in [0.5, 0.6) is 0 Å². The maximum atomic E-state index is 5.47. The molecule has 0 bridgehead atoms. The van der Waals surface area contributed by atoms with E-state index < -0.39 is 0 Å². The Morgan fingerprint density at radius 2 is 0.886 bits per heavy atom. The second-order valence-corrected chi connectivity index (χ2v) is 13.3. The smallest absolute Gasteiger partial charge is 0.0657 e. The molecule has 0 atom stereocenters. The zero-order chi connectivity index (χ0) is 33.4. The summed E-state index contributed by atoms with van der Waals surface area (Å²) < 4.78 is 10.9. The van der Waals surface area contributed by atoms with Crippen LogP contribution in [-0.4, -0.2) is 25.4 Å². The minimum Gasteiger partial charge on any atom is -0.378 e. The second kappa shape index (κ2) is 23.7. The van der Waals surface area contributed by atoms with E-state index in [-0.39, 0.29) is 11.2 Å². The molecule has 0 aromatic carbocycles. The number of ether oxygens (including phenoxy) is 2. The topological polar surface area (TPSA) is 18.5 Å². The van der Waals surface area contributed by atoms with Crippen molar-refractivity contribution in [3.8, 4) is 0 Å². The Labute approximate surface area is 273 Å². The van der Waals surface area contributed by atoms with Crippen molar-refractivity contribution in [2.75, 3.05) is 14.2 Å². The van der Waals surface area contributed by atoms with E-state index >= 15 is 0 Å². The highest BCUT2D eigenvalue weighted by Crippen LogP contribution is 2.16. The van der Waals surface area contributed by atoms with Gasteiger partial charge in [0.15, 0.2) is 0 Å². The largest absolute Gasteiger partial charge is 0.378 e. The van der Waals surface area contributed by atoms with Gasteiger partial charge in [0, 0.05) is 14.2 Å². The SMILES string of the molecule is COC(C)(C)C/C=C\C(C)=C\CC/C(C)=C/C=C/C(C)=C/CC/C=C(\C)CC/C=C(C)/C=C/C=C(C)/C=C/CC(C)(C)OC. The molecule has 2 nitrogen and oxygen atoms in total. The molecule has 0 radical (unpaired) electrons. The summed E-state index contributed by atoms with van der Waals surface area (Å²) in [4.78, 5) is 0. The van der Waals surface area contributed by atoms with Gasteiger partial charge in [-0.05, 0) is 121 Å². The number of hydrogen-bond acceptors (Lipinski definition) is 2. The van der Waals surface area contributed by atoms with Crippen LogP contribution in [0.25, 0.3) is 0 Å². The fraction of sp³-hybridized carbons (Fsp3) is 0.524. The van der Waals surface area contributed by atoms with Gasteiger partial charge in [-0.15, -0.1) is 0 Å². The summed E-state index contributed by atoms with van der Waals surface area (Å²) in [6.07, 6.45) is 39.6. The molecule has 0 heterocycles. The van der Waals surface area contributed by atoms with Crippen molar-refractivity contribution >= 4 is 0 Å². The van der Waals surface area contributed by atoms with Crippen LogP contribution in [0.4, 0.5) is 0 Å². The number of hydrogen-bond donors (Lipinski definition) is 0. The number of rotatable bonds is 21. The van der Waals surface area contributed by atoms with E-state index in [1.165, 1.54) is 33.4 Å². The van der Waals surface area contributed by atoms with Gasteiger partial charge in [0.25, 0.3) is 0 Å². The van der Waals surface area contributed by atoms with Crippen LogP contribution < -0.4 is 0 Å². The lowest BCUT2D eigenvalue weighted by Gasteiger charge is -2.20. The average molecular weight is 603 g/mol. The monoisotopic (exact) mass is 603 g/mol. The van der Waals surface area contributed by atoms with Crippen LogP contribution in [0.1, 0.15) is 121 Å². The minimum atomic E-state index is -0.110.